The lowest BCUT2D eigenvalue weighted by molar-refractivity contribution is -0.163. The molecular formula is C22H22N2O3S. The van der Waals surface area contributed by atoms with Gasteiger partial charge in [0.15, 0.2) is 6.04 Å². The van der Waals surface area contributed by atoms with Gasteiger partial charge in [0, 0.05) is 11.0 Å². The highest BCUT2D eigenvalue weighted by Crippen LogP contribution is 2.51. The van der Waals surface area contributed by atoms with E-state index in [0.717, 1.165) is 11.1 Å². The number of hydrogen-bond acceptors (Lipinski definition) is 5. The maximum atomic E-state index is 12.8. The Hall–Kier alpha value is -2.60. The van der Waals surface area contributed by atoms with E-state index < -0.39 is 16.8 Å². The van der Waals surface area contributed by atoms with Crippen molar-refractivity contribution in [3.05, 3.63) is 71.8 Å². The zero-order chi connectivity index (χ0) is 19.7. The molecule has 3 atom stereocenters. The molecule has 2 aromatic carbocycles. The van der Waals surface area contributed by atoms with E-state index in [9.17, 15) is 9.59 Å². The van der Waals surface area contributed by atoms with E-state index in [1.54, 1.807) is 22.9 Å². The van der Waals surface area contributed by atoms with Gasteiger partial charge in [0.1, 0.15) is 18.0 Å². The van der Waals surface area contributed by atoms with Crippen molar-refractivity contribution < 1.29 is 14.3 Å². The second-order valence-corrected chi connectivity index (χ2v) is 9.26. The summed E-state index contributed by atoms with van der Waals surface area (Å²) in [5.74, 6) is -0.473. The summed E-state index contributed by atoms with van der Waals surface area (Å²) in [6, 6.07) is 18.2. The van der Waals surface area contributed by atoms with Crippen LogP contribution in [-0.4, -0.2) is 45.2 Å². The molecule has 1 unspecified atom stereocenters. The van der Waals surface area contributed by atoms with Gasteiger partial charge in [-0.05, 0) is 25.0 Å². The molecule has 0 aromatic heterocycles. The second kappa shape index (κ2) is 7.43. The van der Waals surface area contributed by atoms with E-state index in [-0.39, 0.29) is 23.9 Å². The van der Waals surface area contributed by atoms with Gasteiger partial charge in [-0.3, -0.25) is 9.79 Å². The molecule has 2 heterocycles. The first-order valence-electron chi connectivity index (χ1n) is 9.26. The zero-order valence-corrected chi connectivity index (χ0v) is 16.6. The Morgan fingerprint density at radius 3 is 2.46 bits per heavy atom. The SMILES string of the molecule is CC1(C)S[C@@H]2C(N=Cc3ccccc3)C(=O)N2[C@H]1C(=O)OCc1ccccc1. The van der Waals surface area contributed by atoms with Gasteiger partial charge in [0.2, 0.25) is 0 Å². The average Bonchev–Trinajstić information content (AvgIpc) is 2.95. The molecule has 0 saturated carbocycles. The molecule has 2 aliphatic heterocycles. The fraction of sp³-hybridized carbons (Fsp3) is 0.318. The van der Waals surface area contributed by atoms with Crippen molar-refractivity contribution in [3.8, 4) is 0 Å². The molecule has 2 aliphatic rings. The minimum absolute atomic E-state index is 0.114. The number of amides is 1. The van der Waals surface area contributed by atoms with Gasteiger partial charge in [-0.2, -0.15) is 0 Å². The molecule has 0 N–H and O–H groups in total. The summed E-state index contributed by atoms with van der Waals surface area (Å²) in [5, 5.41) is -0.128. The first-order valence-corrected chi connectivity index (χ1v) is 10.1. The number of esters is 1. The largest absolute Gasteiger partial charge is 0.459 e. The van der Waals surface area contributed by atoms with Gasteiger partial charge in [-0.15, -0.1) is 11.8 Å². The van der Waals surface area contributed by atoms with Crippen molar-refractivity contribution in [2.24, 2.45) is 4.99 Å². The Morgan fingerprint density at radius 2 is 1.79 bits per heavy atom. The third-order valence-electron chi connectivity index (χ3n) is 5.04. The third kappa shape index (κ3) is 3.44. The summed E-state index contributed by atoms with van der Waals surface area (Å²) in [7, 11) is 0. The van der Waals surface area contributed by atoms with Crippen molar-refractivity contribution in [2.75, 3.05) is 0 Å². The number of thioether (sulfide) groups is 1. The average molecular weight is 394 g/mol. The third-order valence-corrected chi connectivity index (χ3v) is 6.60. The van der Waals surface area contributed by atoms with E-state index in [2.05, 4.69) is 4.99 Å². The molecule has 0 radical (unpaired) electrons. The molecule has 28 heavy (non-hydrogen) atoms. The number of hydrogen-bond donors (Lipinski definition) is 0. The molecule has 0 spiro atoms. The number of carbonyl (C=O) groups excluding carboxylic acids is 2. The number of benzene rings is 2. The lowest BCUT2D eigenvalue weighted by Gasteiger charge is -2.41. The van der Waals surface area contributed by atoms with E-state index in [4.69, 9.17) is 4.74 Å². The Morgan fingerprint density at radius 1 is 1.14 bits per heavy atom. The van der Waals surface area contributed by atoms with Gasteiger partial charge in [-0.1, -0.05) is 60.7 Å². The Balaban J connectivity index is 1.45. The number of nitrogens with zero attached hydrogens (tertiary/aromatic N) is 2. The van der Waals surface area contributed by atoms with Gasteiger partial charge in [0.25, 0.3) is 5.91 Å². The summed E-state index contributed by atoms with van der Waals surface area (Å²) < 4.78 is 5.10. The lowest BCUT2D eigenvalue weighted by atomic mass is 9.96. The Labute approximate surface area is 168 Å². The highest BCUT2D eigenvalue weighted by molar-refractivity contribution is 8.01. The fourth-order valence-electron chi connectivity index (χ4n) is 3.62. The topological polar surface area (TPSA) is 59.0 Å². The van der Waals surface area contributed by atoms with Crippen molar-refractivity contribution >= 4 is 29.9 Å². The molecule has 0 aliphatic carbocycles. The van der Waals surface area contributed by atoms with Crippen LogP contribution >= 0.6 is 11.8 Å². The van der Waals surface area contributed by atoms with Crippen molar-refractivity contribution in [1.82, 2.24) is 4.90 Å². The number of rotatable bonds is 5. The summed E-state index contributed by atoms with van der Waals surface area (Å²) in [6.45, 7) is 4.17. The van der Waals surface area contributed by atoms with Crippen molar-refractivity contribution in [2.45, 2.75) is 42.7 Å². The van der Waals surface area contributed by atoms with Crippen LogP contribution < -0.4 is 0 Å². The lowest BCUT2D eigenvalue weighted by Crippen LogP contribution is -2.65. The van der Waals surface area contributed by atoms with Crippen molar-refractivity contribution in [3.63, 3.8) is 0 Å². The smallest absolute Gasteiger partial charge is 0.330 e. The zero-order valence-electron chi connectivity index (χ0n) is 15.8. The molecule has 5 nitrogen and oxygen atoms in total. The van der Waals surface area contributed by atoms with E-state index in [0.29, 0.717) is 0 Å². The fourth-order valence-corrected chi connectivity index (χ4v) is 5.24. The first-order chi connectivity index (χ1) is 13.5. The van der Waals surface area contributed by atoms with Crippen LogP contribution in [0.25, 0.3) is 0 Å². The number of carbonyl (C=O) groups is 2. The van der Waals surface area contributed by atoms with Crippen LogP contribution in [0.4, 0.5) is 0 Å². The van der Waals surface area contributed by atoms with E-state index >= 15 is 0 Å². The van der Waals surface area contributed by atoms with Crippen LogP contribution in [0, 0.1) is 0 Å². The van der Waals surface area contributed by atoms with E-state index in [1.807, 2.05) is 74.5 Å². The Bertz CT molecular complexity index is 899. The number of fused-ring (bicyclic) bond motifs is 1. The molecular weight excluding hydrogens is 372 g/mol. The predicted octanol–water partition coefficient (Wildman–Crippen LogP) is 3.28. The van der Waals surface area contributed by atoms with E-state index in [1.165, 1.54) is 0 Å². The van der Waals surface area contributed by atoms with Crippen LogP contribution in [0.1, 0.15) is 25.0 Å². The van der Waals surface area contributed by atoms with Crippen LogP contribution in [0.3, 0.4) is 0 Å². The first kappa shape index (κ1) is 18.7. The second-order valence-electron chi connectivity index (χ2n) is 7.49. The number of β-lactam (4-membered cyclic amide) rings is 1. The summed E-state index contributed by atoms with van der Waals surface area (Å²) in [5.41, 5.74) is 1.88. The van der Waals surface area contributed by atoms with Gasteiger partial charge in [0.05, 0.1) is 0 Å². The predicted molar refractivity (Wildman–Crippen MR) is 110 cm³/mol. The Kier molecular flexibility index (Phi) is 4.98. The molecule has 0 bridgehead atoms. The highest BCUT2D eigenvalue weighted by atomic mass is 32.2. The summed E-state index contributed by atoms with van der Waals surface area (Å²) >= 11 is 1.61. The normalized spacial score (nSPS) is 25.4. The molecule has 4 rings (SSSR count). The maximum absolute atomic E-state index is 12.8. The molecule has 6 heteroatoms. The minimum Gasteiger partial charge on any atom is -0.459 e. The van der Waals surface area contributed by atoms with Crippen LogP contribution in [0.5, 0.6) is 0 Å². The molecule has 144 valence electrons. The minimum atomic E-state index is -0.595. The monoisotopic (exact) mass is 394 g/mol. The summed E-state index contributed by atoms with van der Waals surface area (Å²) in [4.78, 5) is 31.7. The van der Waals surface area contributed by atoms with Gasteiger partial charge in [-0.25, -0.2) is 4.79 Å². The molecule has 2 saturated heterocycles. The molecule has 2 fully saturated rings. The van der Waals surface area contributed by atoms with Gasteiger partial charge >= 0.3 is 5.97 Å². The summed E-state index contributed by atoms with van der Waals surface area (Å²) in [6.07, 6.45) is 1.73. The quantitative estimate of drug-likeness (QED) is 0.444. The van der Waals surface area contributed by atoms with Crippen LogP contribution in [-0.2, 0) is 20.9 Å². The van der Waals surface area contributed by atoms with Crippen LogP contribution in [0.2, 0.25) is 0 Å². The highest BCUT2D eigenvalue weighted by Gasteiger charge is 2.64. The maximum Gasteiger partial charge on any atom is 0.330 e. The van der Waals surface area contributed by atoms with Gasteiger partial charge < -0.3 is 9.64 Å². The number of ether oxygens (including phenoxy) is 1. The van der Waals surface area contributed by atoms with Crippen molar-refractivity contribution in [1.29, 1.82) is 0 Å². The van der Waals surface area contributed by atoms with Crippen LogP contribution in [0.15, 0.2) is 65.7 Å². The standard InChI is InChI=1S/C22H22N2O3S/c1-22(2)18(21(26)27-14-16-11-7-4-8-12-16)24-19(25)17(20(24)28-22)23-13-15-9-5-3-6-10-15/h3-13,17-18,20H,14H2,1-2H3/t17?,18-,20+/m0/s1. The molecule has 2 aromatic rings. The molecule has 1 amide bonds. The number of aliphatic imine (C=N–C) groups is 1.